The van der Waals surface area contributed by atoms with Crippen molar-refractivity contribution in [2.24, 2.45) is 0 Å². The van der Waals surface area contributed by atoms with Crippen LogP contribution in [0.3, 0.4) is 0 Å². The molecule has 0 bridgehead atoms. The maximum atomic E-state index is 12.3. The second kappa shape index (κ2) is 8.56. The third-order valence-electron chi connectivity index (χ3n) is 4.68. The topological polar surface area (TPSA) is 38.8 Å². The molecule has 1 N–H and O–H groups in total. The van der Waals surface area contributed by atoms with Gasteiger partial charge in [-0.15, -0.1) is 0 Å². The highest BCUT2D eigenvalue weighted by Crippen LogP contribution is 2.32. The molecule has 0 radical (unpaired) electrons. The van der Waals surface area contributed by atoms with Crippen molar-refractivity contribution in [3.8, 4) is 0 Å². The molecule has 25 heavy (non-hydrogen) atoms. The van der Waals surface area contributed by atoms with Crippen molar-refractivity contribution in [3.05, 3.63) is 29.8 Å². The Kier molecular flexibility index (Phi) is 6.71. The molecule has 1 fully saturated rings. The molecule has 0 aromatic heterocycles. The number of hydrogen-bond acceptors (Lipinski definition) is 3. The van der Waals surface area contributed by atoms with Gasteiger partial charge in [0.25, 0.3) is 0 Å². The number of urea groups is 1. The van der Waals surface area contributed by atoms with Crippen LogP contribution in [-0.4, -0.2) is 69.2 Å². The molecule has 0 aliphatic carbocycles. The average Bonchev–Trinajstić information content (AvgIpc) is 2.58. The van der Waals surface area contributed by atoms with Gasteiger partial charge in [0, 0.05) is 38.4 Å². The Bertz CT molecular complexity index is 557. The van der Waals surface area contributed by atoms with Crippen molar-refractivity contribution in [1.29, 1.82) is 0 Å². The molecule has 0 atom stereocenters. The number of carbonyl (C=O) groups is 1. The first-order valence-corrected chi connectivity index (χ1v) is 9.31. The number of rotatable bonds is 5. The molecule has 1 saturated heterocycles. The number of amides is 2. The Hall–Kier alpha value is -1.75. The summed E-state index contributed by atoms with van der Waals surface area (Å²) >= 11 is 0. The smallest absolute Gasteiger partial charge is 0.317 e. The third kappa shape index (κ3) is 5.63. The van der Waals surface area contributed by atoms with Crippen LogP contribution in [0.25, 0.3) is 0 Å². The van der Waals surface area contributed by atoms with E-state index in [4.69, 9.17) is 0 Å². The maximum absolute atomic E-state index is 12.3. The lowest BCUT2D eigenvalue weighted by Crippen LogP contribution is -2.52. The number of piperazine rings is 1. The molecule has 0 spiro atoms. The molecule has 1 aromatic rings. The van der Waals surface area contributed by atoms with Crippen LogP contribution in [0.5, 0.6) is 0 Å². The summed E-state index contributed by atoms with van der Waals surface area (Å²) < 4.78 is 0. The summed E-state index contributed by atoms with van der Waals surface area (Å²) in [7, 11) is 4.10. The highest BCUT2D eigenvalue weighted by molar-refractivity contribution is 5.74. The van der Waals surface area contributed by atoms with E-state index in [0.717, 1.165) is 45.7 Å². The Morgan fingerprint density at radius 2 is 1.76 bits per heavy atom. The predicted molar refractivity (Wildman–Crippen MR) is 105 cm³/mol. The first-order chi connectivity index (χ1) is 11.8. The lowest BCUT2D eigenvalue weighted by molar-refractivity contribution is 0.194. The van der Waals surface area contributed by atoms with E-state index in [0.29, 0.717) is 0 Å². The molecule has 0 unspecified atom stereocenters. The molecule has 2 rings (SSSR count). The minimum absolute atomic E-state index is 0.0718. The highest BCUT2D eigenvalue weighted by atomic mass is 16.2. The van der Waals surface area contributed by atoms with Gasteiger partial charge in [0.1, 0.15) is 0 Å². The van der Waals surface area contributed by atoms with E-state index < -0.39 is 0 Å². The van der Waals surface area contributed by atoms with Crippen molar-refractivity contribution in [1.82, 2.24) is 15.1 Å². The minimum atomic E-state index is 0.0718. The summed E-state index contributed by atoms with van der Waals surface area (Å²) in [6.45, 7) is 11.8. The zero-order chi connectivity index (χ0) is 18.4. The van der Waals surface area contributed by atoms with Gasteiger partial charge < -0.3 is 20.0 Å². The van der Waals surface area contributed by atoms with Gasteiger partial charge >= 0.3 is 6.03 Å². The van der Waals surface area contributed by atoms with Gasteiger partial charge in [-0.1, -0.05) is 39.0 Å². The molecule has 1 aromatic carbocycles. The average molecular weight is 347 g/mol. The summed E-state index contributed by atoms with van der Waals surface area (Å²) in [5.41, 5.74) is 2.80. The summed E-state index contributed by atoms with van der Waals surface area (Å²) in [6.07, 6.45) is 0.984. The summed E-state index contributed by atoms with van der Waals surface area (Å²) in [4.78, 5) is 18.8. The van der Waals surface area contributed by atoms with Crippen molar-refractivity contribution in [3.63, 3.8) is 0 Å². The van der Waals surface area contributed by atoms with E-state index in [1.54, 1.807) is 0 Å². The third-order valence-corrected chi connectivity index (χ3v) is 4.68. The number of carbonyl (C=O) groups excluding carboxylic acids is 1. The summed E-state index contributed by atoms with van der Waals surface area (Å²) in [5.74, 6) is 0. The molecule has 5 heteroatoms. The first-order valence-electron chi connectivity index (χ1n) is 9.31. The summed E-state index contributed by atoms with van der Waals surface area (Å²) in [6, 6.07) is 8.72. The van der Waals surface area contributed by atoms with Crippen molar-refractivity contribution in [2.75, 3.05) is 58.3 Å². The van der Waals surface area contributed by atoms with E-state index in [2.05, 4.69) is 74.2 Å². The second-order valence-electron chi connectivity index (χ2n) is 8.13. The SMILES string of the molecule is CN(C)CCCNC(=O)N1CCN(c2ccccc2C(C)(C)C)CC1. The second-order valence-corrected chi connectivity index (χ2v) is 8.13. The van der Waals surface area contributed by atoms with E-state index in [1.807, 2.05) is 4.90 Å². The number of benzene rings is 1. The van der Waals surface area contributed by atoms with Crippen LogP contribution in [0.15, 0.2) is 24.3 Å². The molecule has 0 saturated carbocycles. The zero-order valence-corrected chi connectivity index (χ0v) is 16.5. The van der Waals surface area contributed by atoms with Gasteiger partial charge in [-0.2, -0.15) is 0 Å². The normalized spacial score (nSPS) is 15.6. The van der Waals surface area contributed by atoms with Crippen LogP contribution in [0.2, 0.25) is 0 Å². The molecular weight excluding hydrogens is 312 g/mol. The van der Waals surface area contributed by atoms with Crippen molar-refractivity contribution >= 4 is 11.7 Å². The molecule has 1 aliphatic rings. The first kappa shape index (κ1) is 19.6. The van der Waals surface area contributed by atoms with Crippen molar-refractivity contribution in [2.45, 2.75) is 32.6 Å². The van der Waals surface area contributed by atoms with Crippen LogP contribution >= 0.6 is 0 Å². The van der Waals surface area contributed by atoms with Gasteiger partial charge in [0.2, 0.25) is 0 Å². The van der Waals surface area contributed by atoms with Crippen molar-refractivity contribution < 1.29 is 4.79 Å². The monoisotopic (exact) mass is 346 g/mol. The van der Waals surface area contributed by atoms with Crippen LogP contribution in [0.4, 0.5) is 10.5 Å². The zero-order valence-electron chi connectivity index (χ0n) is 16.5. The quantitative estimate of drug-likeness (QED) is 0.833. The Morgan fingerprint density at radius 1 is 1.12 bits per heavy atom. The molecule has 1 aliphatic heterocycles. The molecule has 5 nitrogen and oxygen atoms in total. The van der Waals surface area contributed by atoms with E-state index in [9.17, 15) is 4.79 Å². The van der Waals surface area contributed by atoms with Crippen LogP contribution < -0.4 is 10.2 Å². The number of nitrogens with zero attached hydrogens (tertiary/aromatic N) is 3. The predicted octanol–water partition coefficient (Wildman–Crippen LogP) is 2.77. The lowest BCUT2D eigenvalue weighted by Gasteiger charge is -2.38. The number of para-hydroxylation sites is 1. The Morgan fingerprint density at radius 3 is 2.36 bits per heavy atom. The van der Waals surface area contributed by atoms with Gasteiger partial charge in [0.05, 0.1) is 0 Å². The molecule has 1 heterocycles. The number of hydrogen-bond donors (Lipinski definition) is 1. The van der Waals surface area contributed by atoms with Gasteiger partial charge in [-0.25, -0.2) is 4.79 Å². The molecule has 140 valence electrons. The van der Waals surface area contributed by atoms with Gasteiger partial charge in [-0.05, 0) is 44.1 Å². The van der Waals surface area contributed by atoms with Crippen LogP contribution in [0, 0.1) is 0 Å². The fraction of sp³-hybridized carbons (Fsp3) is 0.650. The van der Waals surface area contributed by atoms with E-state index >= 15 is 0 Å². The summed E-state index contributed by atoms with van der Waals surface area (Å²) in [5, 5.41) is 3.04. The Labute approximate surface area is 153 Å². The minimum Gasteiger partial charge on any atom is -0.368 e. The fourth-order valence-corrected chi connectivity index (χ4v) is 3.24. The Balaban J connectivity index is 1.87. The van der Waals surface area contributed by atoms with Gasteiger partial charge in [-0.3, -0.25) is 0 Å². The van der Waals surface area contributed by atoms with E-state index in [1.165, 1.54) is 11.3 Å². The van der Waals surface area contributed by atoms with E-state index in [-0.39, 0.29) is 11.4 Å². The van der Waals surface area contributed by atoms with Crippen LogP contribution in [0.1, 0.15) is 32.8 Å². The maximum Gasteiger partial charge on any atom is 0.317 e. The molecule has 2 amide bonds. The lowest BCUT2D eigenvalue weighted by atomic mass is 9.85. The standard InChI is InChI=1S/C20H34N4O/c1-20(2,3)17-9-6-7-10-18(17)23-13-15-24(16-14-23)19(25)21-11-8-12-22(4)5/h6-7,9-10H,8,11-16H2,1-5H3,(H,21,25). The van der Waals surface area contributed by atoms with Crippen LogP contribution in [-0.2, 0) is 5.41 Å². The largest absolute Gasteiger partial charge is 0.368 e. The number of nitrogens with one attached hydrogen (secondary N) is 1. The highest BCUT2D eigenvalue weighted by Gasteiger charge is 2.25. The fourth-order valence-electron chi connectivity index (χ4n) is 3.24. The molecular formula is C20H34N4O. The van der Waals surface area contributed by atoms with Gasteiger partial charge in [0.15, 0.2) is 0 Å². The number of anilines is 1.